The van der Waals surface area contributed by atoms with Crippen molar-refractivity contribution >= 4 is 28.9 Å². The molecule has 1 N–H and O–H groups in total. The number of methoxy groups -OCH3 is 1. The Morgan fingerprint density at radius 2 is 2.35 bits per heavy atom. The highest BCUT2D eigenvalue weighted by atomic mass is 35.5. The van der Waals surface area contributed by atoms with Crippen molar-refractivity contribution in [1.82, 2.24) is 5.32 Å². The van der Waals surface area contributed by atoms with Crippen LogP contribution in [0.1, 0.15) is 49.6 Å². The molecule has 2 rings (SSSR count). The molecular formula is C15H22ClNO2S. The predicted octanol–water partition coefficient (Wildman–Crippen LogP) is 3.96. The van der Waals surface area contributed by atoms with E-state index in [1.807, 2.05) is 6.07 Å². The van der Waals surface area contributed by atoms with Gasteiger partial charge in [-0.3, -0.25) is 10.1 Å². The van der Waals surface area contributed by atoms with Crippen LogP contribution in [0, 0.1) is 5.92 Å². The SMILES string of the molecule is COC(=O)C(CC(C)C)NC1CCCc2sc(Cl)cc21. The van der Waals surface area contributed by atoms with Crippen LogP contribution in [0.25, 0.3) is 0 Å². The number of carbonyl (C=O) groups is 1. The number of halogens is 1. The third-order valence-electron chi connectivity index (χ3n) is 3.68. The first-order valence-corrected chi connectivity index (χ1v) is 8.32. The fourth-order valence-electron chi connectivity index (χ4n) is 2.78. The average molecular weight is 316 g/mol. The van der Waals surface area contributed by atoms with Gasteiger partial charge >= 0.3 is 5.97 Å². The van der Waals surface area contributed by atoms with Crippen LogP contribution in [-0.4, -0.2) is 19.1 Å². The lowest BCUT2D eigenvalue weighted by Gasteiger charge is -2.28. The summed E-state index contributed by atoms with van der Waals surface area (Å²) in [6.45, 7) is 4.23. The lowest BCUT2D eigenvalue weighted by atomic mass is 9.92. The third kappa shape index (κ3) is 3.74. The van der Waals surface area contributed by atoms with Crippen LogP contribution in [-0.2, 0) is 16.0 Å². The lowest BCUT2D eigenvalue weighted by Crippen LogP contribution is -2.41. The smallest absolute Gasteiger partial charge is 0.322 e. The maximum atomic E-state index is 11.9. The van der Waals surface area contributed by atoms with Gasteiger partial charge in [0.15, 0.2) is 0 Å². The van der Waals surface area contributed by atoms with Crippen LogP contribution in [0.15, 0.2) is 6.07 Å². The molecule has 0 aliphatic heterocycles. The zero-order chi connectivity index (χ0) is 14.7. The molecule has 1 aliphatic rings. The highest BCUT2D eigenvalue weighted by molar-refractivity contribution is 7.16. The maximum absolute atomic E-state index is 11.9. The van der Waals surface area contributed by atoms with E-state index in [1.165, 1.54) is 17.6 Å². The molecule has 0 fully saturated rings. The molecule has 0 spiro atoms. The zero-order valence-corrected chi connectivity index (χ0v) is 13.8. The van der Waals surface area contributed by atoms with E-state index < -0.39 is 0 Å². The second-order valence-corrected chi connectivity index (χ2v) is 7.51. The molecule has 5 heteroatoms. The highest BCUT2D eigenvalue weighted by Crippen LogP contribution is 2.38. The molecule has 0 saturated heterocycles. The number of aryl methyl sites for hydroxylation is 1. The summed E-state index contributed by atoms with van der Waals surface area (Å²) in [5, 5.41) is 3.48. The molecule has 1 aliphatic carbocycles. The fourth-order valence-corrected chi connectivity index (χ4v) is 4.17. The molecule has 0 radical (unpaired) electrons. The van der Waals surface area contributed by atoms with E-state index in [-0.39, 0.29) is 18.1 Å². The number of fused-ring (bicyclic) bond motifs is 1. The van der Waals surface area contributed by atoms with Gasteiger partial charge in [-0.05, 0) is 43.2 Å². The molecule has 2 unspecified atom stereocenters. The normalized spacial score (nSPS) is 19.8. The molecule has 0 saturated carbocycles. The first kappa shape index (κ1) is 15.8. The van der Waals surface area contributed by atoms with Crippen molar-refractivity contribution < 1.29 is 9.53 Å². The van der Waals surface area contributed by atoms with Crippen molar-refractivity contribution in [2.45, 2.75) is 51.6 Å². The summed E-state index contributed by atoms with van der Waals surface area (Å²) >= 11 is 7.78. The van der Waals surface area contributed by atoms with Crippen molar-refractivity contribution in [3.8, 4) is 0 Å². The zero-order valence-electron chi connectivity index (χ0n) is 12.2. The quantitative estimate of drug-likeness (QED) is 0.836. The maximum Gasteiger partial charge on any atom is 0.322 e. The van der Waals surface area contributed by atoms with E-state index in [0.717, 1.165) is 30.0 Å². The third-order valence-corrected chi connectivity index (χ3v) is 5.02. The van der Waals surface area contributed by atoms with Gasteiger partial charge in [-0.25, -0.2) is 0 Å². The second kappa shape index (κ2) is 6.92. The molecule has 1 aromatic rings. The minimum Gasteiger partial charge on any atom is -0.468 e. The Kier molecular flexibility index (Phi) is 5.47. The Hall–Kier alpha value is -0.580. The minimum atomic E-state index is -0.241. The van der Waals surface area contributed by atoms with Gasteiger partial charge in [-0.15, -0.1) is 11.3 Å². The molecule has 1 heterocycles. The number of ether oxygens (including phenoxy) is 1. The van der Waals surface area contributed by atoms with Gasteiger partial charge in [0.05, 0.1) is 11.4 Å². The Labute approximate surface area is 129 Å². The van der Waals surface area contributed by atoms with E-state index in [9.17, 15) is 4.79 Å². The van der Waals surface area contributed by atoms with E-state index in [0.29, 0.717) is 5.92 Å². The van der Waals surface area contributed by atoms with Gasteiger partial charge in [0, 0.05) is 10.9 Å². The Morgan fingerprint density at radius 1 is 1.60 bits per heavy atom. The molecular weight excluding hydrogens is 294 g/mol. The van der Waals surface area contributed by atoms with E-state index in [1.54, 1.807) is 11.3 Å². The molecule has 0 bridgehead atoms. The van der Waals surface area contributed by atoms with Crippen molar-refractivity contribution in [2.75, 3.05) is 7.11 Å². The van der Waals surface area contributed by atoms with Gasteiger partial charge in [0.25, 0.3) is 0 Å². The van der Waals surface area contributed by atoms with Gasteiger partial charge in [0.1, 0.15) is 6.04 Å². The van der Waals surface area contributed by atoms with Crippen LogP contribution in [0.4, 0.5) is 0 Å². The Bertz CT molecular complexity index is 472. The number of esters is 1. The fraction of sp³-hybridized carbons (Fsp3) is 0.667. The van der Waals surface area contributed by atoms with Crippen LogP contribution in [0.2, 0.25) is 4.34 Å². The van der Waals surface area contributed by atoms with Crippen molar-refractivity contribution in [3.63, 3.8) is 0 Å². The summed E-state index contributed by atoms with van der Waals surface area (Å²) in [5.41, 5.74) is 1.27. The number of hydrogen-bond acceptors (Lipinski definition) is 4. The number of thiophene rings is 1. The number of nitrogens with one attached hydrogen (secondary N) is 1. The largest absolute Gasteiger partial charge is 0.468 e. The van der Waals surface area contributed by atoms with Crippen molar-refractivity contribution in [1.29, 1.82) is 0 Å². The van der Waals surface area contributed by atoms with Gasteiger partial charge in [-0.1, -0.05) is 25.4 Å². The average Bonchev–Trinajstić information content (AvgIpc) is 2.78. The molecule has 112 valence electrons. The molecule has 0 amide bonds. The first-order chi connectivity index (χ1) is 9.51. The molecule has 1 aromatic heterocycles. The molecule has 0 aromatic carbocycles. The van der Waals surface area contributed by atoms with Crippen molar-refractivity contribution in [2.24, 2.45) is 5.92 Å². The predicted molar refractivity (Wildman–Crippen MR) is 83.4 cm³/mol. The van der Waals surface area contributed by atoms with E-state index in [2.05, 4.69) is 19.2 Å². The number of rotatable bonds is 5. The van der Waals surface area contributed by atoms with E-state index in [4.69, 9.17) is 16.3 Å². The van der Waals surface area contributed by atoms with Gasteiger partial charge in [0.2, 0.25) is 0 Å². The van der Waals surface area contributed by atoms with Crippen LogP contribution in [0.5, 0.6) is 0 Å². The van der Waals surface area contributed by atoms with Crippen LogP contribution < -0.4 is 5.32 Å². The summed E-state index contributed by atoms with van der Waals surface area (Å²) in [6.07, 6.45) is 4.07. The Balaban J connectivity index is 2.12. The van der Waals surface area contributed by atoms with E-state index >= 15 is 0 Å². The first-order valence-electron chi connectivity index (χ1n) is 7.13. The molecule has 20 heavy (non-hydrogen) atoms. The summed E-state index contributed by atoms with van der Waals surface area (Å²) in [6, 6.07) is 2.02. The number of hydrogen-bond donors (Lipinski definition) is 1. The molecule has 2 atom stereocenters. The summed E-state index contributed by atoms with van der Waals surface area (Å²) < 4.78 is 5.76. The standard InChI is InChI=1S/C15H22ClNO2S/c1-9(2)7-12(15(18)19-3)17-11-5-4-6-13-10(11)8-14(16)20-13/h8-9,11-12,17H,4-7H2,1-3H3. The monoisotopic (exact) mass is 315 g/mol. The Morgan fingerprint density at radius 3 is 3.00 bits per heavy atom. The summed E-state index contributed by atoms with van der Waals surface area (Å²) in [4.78, 5) is 13.3. The number of carbonyl (C=O) groups excluding carboxylic acids is 1. The highest BCUT2D eigenvalue weighted by Gasteiger charge is 2.28. The summed E-state index contributed by atoms with van der Waals surface area (Å²) in [7, 11) is 1.45. The molecule has 3 nitrogen and oxygen atoms in total. The van der Waals surface area contributed by atoms with Gasteiger partial charge < -0.3 is 4.74 Å². The van der Waals surface area contributed by atoms with Crippen molar-refractivity contribution in [3.05, 3.63) is 20.8 Å². The van der Waals surface area contributed by atoms with Crippen LogP contribution >= 0.6 is 22.9 Å². The van der Waals surface area contributed by atoms with Crippen LogP contribution in [0.3, 0.4) is 0 Å². The summed E-state index contributed by atoms with van der Waals surface area (Å²) in [5.74, 6) is 0.271. The van der Waals surface area contributed by atoms with Gasteiger partial charge in [-0.2, -0.15) is 0 Å². The lowest BCUT2D eigenvalue weighted by molar-refractivity contribution is -0.143. The second-order valence-electron chi connectivity index (χ2n) is 5.75. The minimum absolute atomic E-state index is 0.174. The topological polar surface area (TPSA) is 38.3 Å².